The Labute approximate surface area is 273 Å². The highest BCUT2D eigenvalue weighted by Gasteiger charge is 2.35. The molecule has 0 radical (unpaired) electrons. The van der Waals surface area contributed by atoms with E-state index in [4.69, 9.17) is 22.1 Å². The third kappa shape index (κ3) is 7.24. The Morgan fingerprint density at radius 3 is 2.35 bits per heavy atom. The molecule has 4 N–H and O–H groups in total. The molecule has 6 rings (SSSR count). The number of aromatic amines is 1. The molecule has 3 saturated heterocycles. The van der Waals surface area contributed by atoms with Crippen molar-refractivity contribution < 1.29 is 14.3 Å². The fourth-order valence-electron chi connectivity index (χ4n) is 6.82. The average molecular weight is 651 g/mol. The lowest BCUT2D eigenvalue weighted by Gasteiger charge is -2.41. The second-order valence-corrected chi connectivity index (χ2v) is 12.9. The van der Waals surface area contributed by atoms with Crippen LogP contribution < -0.4 is 16.7 Å². The highest BCUT2D eigenvalue weighted by molar-refractivity contribution is 6.33. The lowest BCUT2D eigenvalue weighted by molar-refractivity contribution is -0.143. The second-order valence-electron chi connectivity index (χ2n) is 12.5. The first-order valence-corrected chi connectivity index (χ1v) is 16.6. The van der Waals surface area contributed by atoms with Gasteiger partial charge in [0.05, 0.1) is 16.8 Å². The second kappa shape index (κ2) is 14.3. The summed E-state index contributed by atoms with van der Waals surface area (Å²) in [5.74, 6) is 0.318. The van der Waals surface area contributed by atoms with Gasteiger partial charge < -0.3 is 25.6 Å². The molecule has 3 aliphatic heterocycles. The first kappa shape index (κ1) is 32.1. The normalized spacial score (nSPS) is 19.3. The first-order chi connectivity index (χ1) is 22.3. The Hall–Kier alpha value is -3.87. The SMILES string of the molecule is Cc1cc(C[C@@H](OC(=O)N2CCC(n3nc(-c4ccccc4)[nH]c3=O)CC2)C(=O)N2CCN(C3CCNCC3)CC2)cc(Cl)c1N. The zero-order valence-electron chi connectivity index (χ0n) is 26.3. The molecule has 2 aromatic carbocycles. The summed E-state index contributed by atoms with van der Waals surface area (Å²) in [6.45, 7) is 7.46. The maximum atomic E-state index is 13.9. The number of hydrogen-bond acceptors (Lipinski definition) is 8. The molecule has 0 spiro atoms. The zero-order chi connectivity index (χ0) is 32.2. The van der Waals surface area contributed by atoms with Gasteiger partial charge in [-0.1, -0.05) is 48.0 Å². The van der Waals surface area contributed by atoms with Gasteiger partial charge in [-0.3, -0.25) is 14.7 Å². The minimum absolute atomic E-state index is 0.154. The van der Waals surface area contributed by atoms with Crippen molar-refractivity contribution in [2.45, 2.75) is 57.2 Å². The molecule has 12 nitrogen and oxygen atoms in total. The molecule has 246 valence electrons. The van der Waals surface area contributed by atoms with Gasteiger partial charge in [-0.15, -0.1) is 5.10 Å². The van der Waals surface area contributed by atoms with E-state index in [0.717, 1.165) is 55.7 Å². The predicted molar refractivity (Wildman–Crippen MR) is 177 cm³/mol. The van der Waals surface area contributed by atoms with Crippen LogP contribution in [0.3, 0.4) is 0 Å². The van der Waals surface area contributed by atoms with Crippen molar-refractivity contribution in [2.75, 3.05) is 58.1 Å². The number of nitrogens with one attached hydrogen (secondary N) is 2. The summed E-state index contributed by atoms with van der Waals surface area (Å²) < 4.78 is 7.48. The van der Waals surface area contributed by atoms with E-state index < -0.39 is 12.2 Å². The Bertz CT molecular complexity index is 1550. The van der Waals surface area contributed by atoms with Gasteiger partial charge in [0.15, 0.2) is 11.9 Å². The van der Waals surface area contributed by atoms with Gasteiger partial charge in [0.1, 0.15) is 0 Å². The number of likely N-dealkylation sites (tertiary alicyclic amines) is 1. The highest BCUT2D eigenvalue weighted by atomic mass is 35.5. The molecule has 0 unspecified atom stereocenters. The van der Waals surface area contributed by atoms with Gasteiger partial charge in [0.2, 0.25) is 0 Å². The van der Waals surface area contributed by atoms with Crippen molar-refractivity contribution >= 4 is 29.3 Å². The van der Waals surface area contributed by atoms with Gasteiger partial charge in [-0.05, 0) is 62.9 Å². The zero-order valence-corrected chi connectivity index (χ0v) is 27.0. The van der Waals surface area contributed by atoms with Crippen LogP contribution in [0, 0.1) is 6.92 Å². The molecule has 0 aliphatic carbocycles. The molecule has 0 saturated carbocycles. The maximum Gasteiger partial charge on any atom is 0.410 e. The first-order valence-electron chi connectivity index (χ1n) is 16.2. The van der Waals surface area contributed by atoms with E-state index >= 15 is 0 Å². The number of H-pyrrole nitrogens is 1. The fourth-order valence-corrected chi connectivity index (χ4v) is 7.11. The molecule has 13 heteroatoms. The standard InChI is InChI=1S/C33H43ClN8O4/c1-22-19-23(20-27(34)29(22)35)21-28(31(43)40-17-15-39(16-18-40)25-7-11-36-12-8-25)46-33(45)41-13-9-26(10-14-41)42-32(44)37-30(38-42)24-5-3-2-4-6-24/h2-6,19-20,25-26,28,36H,7-18,21,35H2,1H3,(H,37,38,44)/t28-/m1/s1. The number of piperidine rings is 2. The van der Waals surface area contributed by atoms with Crippen molar-refractivity contribution in [1.82, 2.24) is 34.8 Å². The monoisotopic (exact) mass is 650 g/mol. The maximum absolute atomic E-state index is 13.9. The number of carbonyl (C=O) groups excluding carboxylic acids is 2. The van der Waals surface area contributed by atoms with E-state index in [2.05, 4.69) is 20.3 Å². The van der Waals surface area contributed by atoms with E-state index in [-0.39, 0.29) is 24.1 Å². The number of rotatable bonds is 7. The molecule has 4 heterocycles. The third-order valence-corrected chi connectivity index (χ3v) is 9.86. The molecule has 3 fully saturated rings. The number of aryl methyl sites for hydroxylation is 1. The molecular weight excluding hydrogens is 608 g/mol. The summed E-state index contributed by atoms with van der Waals surface area (Å²) >= 11 is 6.38. The number of aromatic nitrogens is 3. The van der Waals surface area contributed by atoms with Crippen LogP contribution in [0.25, 0.3) is 11.4 Å². The lowest BCUT2D eigenvalue weighted by atomic mass is 10.0. The quantitative estimate of drug-likeness (QED) is 0.332. The van der Waals surface area contributed by atoms with Crippen LogP contribution in [-0.4, -0.2) is 106 Å². The summed E-state index contributed by atoms with van der Waals surface area (Å²) in [5.41, 5.74) is 8.71. The van der Waals surface area contributed by atoms with Crippen molar-refractivity contribution in [3.63, 3.8) is 0 Å². The smallest absolute Gasteiger partial charge is 0.410 e. The number of amides is 2. The summed E-state index contributed by atoms with van der Waals surface area (Å²) in [7, 11) is 0. The fraction of sp³-hybridized carbons (Fsp3) is 0.515. The molecule has 1 aromatic heterocycles. The van der Waals surface area contributed by atoms with Gasteiger partial charge in [0.25, 0.3) is 5.91 Å². The molecular formula is C33H43ClN8O4. The van der Waals surface area contributed by atoms with Crippen LogP contribution in [0.1, 0.15) is 42.9 Å². The Morgan fingerprint density at radius 2 is 1.67 bits per heavy atom. The number of nitrogens with two attached hydrogens (primary N) is 1. The number of benzene rings is 2. The number of carbonyl (C=O) groups is 2. The highest BCUT2D eigenvalue weighted by Crippen LogP contribution is 2.27. The van der Waals surface area contributed by atoms with E-state index in [0.29, 0.717) is 61.6 Å². The van der Waals surface area contributed by atoms with Crippen LogP contribution in [0.5, 0.6) is 0 Å². The van der Waals surface area contributed by atoms with Gasteiger partial charge in [0, 0.05) is 57.3 Å². The van der Waals surface area contributed by atoms with Crippen LogP contribution in [0.15, 0.2) is 47.3 Å². The number of hydrogen-bond donors (Lipinski definition) is 3. The Kier molecular flexibility index (Phi) is 9.95. The van der Waals surface area contributed by atoms with Gasteiger partial charge >= 0.3 is 11.8 Å². The molecule has 2 amide bonds. The number of piperazine rings is 1. The Morgan fingerprint density at radius 1 is 0.978 bits per heavy atom. The number of halogens is 1. The Balaban J connectivity index is 1.11. The van der Waals surface area contributed by atoms with Crippen LogP contribution in [0.4, 0.5) is 10.5 Å². The third-order valence-electron chi connectivity index (χ3n) is 9.54. The molecule has 3 aromatic rings. The van der Waals surface area contributed by atoms with E-state index in [1.54, 1.807) is 11.0 Å². The lowest BCUT2D eigenvalue weighted by Crippen LogP contribution is -2.56. The minimum atomic E-state index is -1.00. The summed E-state index contributed by atoms with van der Waals surface area (Å²) in [5, 5.41) is 8.36. The molecule has 46 heavy (non-hydrogen) atoms. The summed E-state index contributed by atoms with van der Waals surface area (Å²) in [6, 6.07) is 13.5. The molecule has 0 bridgehead atoms. The average Bonchev–Trinajstić information content (AvgIpc) is 3.48. The number of ether oxygens (including phenoxy) is 1. The number of anilines is 1. The largest absolute Gasteiger partial charge is 0.436 e. The van der Waals surface area contributed by atoms with Gasteiger partial charge in [-0.2, -0.15) is 0 Å². The summed E-state index contributed by atoms with van der Waals surface area (Å²) in [6.07, 6.45) is 1.97. The van der Waals surface area contributed by atoms with Crippen LogP contribution in [-0.2, 0) is 16.0 Å². The predicted octanol–water partition coefficient (Wildman–Crippen LogP) is 3.06. The van der Waals surface area contributed by atoms with Crippen molar-refractivity contribution in [3.8, 4) is 11.4 Å². The topological polar surface area (TPSA) is 142 Å². The van der Waals surface area contributed by atoms with E-state index in [1.165, 1.54) is 4.68 Å². The summed E-state index contributed by atoms with van der Waals surface area (Å²) in [4.78, 5) is 48.9. The minimum Gasteiger partial charge on any atom is -0.436 e. The van der Waals surface area contributed by atoms with Crippen LogP contribution >= 0.6 is 11.6 Å². The van der Waals surface area contributed by atoms with Crippen LogP contribution in [0.2, 0.25) is 5.02 Å². The van der Waals surface area contributed by atoms with Crippen molar-refractivity contribution in [2.24, 2.45) is 0 Å². The molecule has 3 aliphatic rings. The molecule has 1 atom stereocenters. The van der Waals surface area contributed by atoms with Crippen molar-refractivity contribution in [3.05, 3.63) is 69.1 Å². The van der Waals surface area contributed by atoms with E-state index in [9.17, 15) is 14.4 Å². The van der Waals surface area contributed by atoms with Crippen molar-refractivity contribution in [1.29, 1.82) is 0 Å². The number of nitrogen functional groups attached to an aromatic ring is 1. The number of nitrogens with zero attached hydrogens (tertiary/aromatic N) is 5. The van der Waals surface area contributed by atoms with E-state index in [1.807, 2.05) is 48.2 Å². The van der Waals surface area contributed by atoms with Gasteiger partial charge in [-0.25, -0.2) is 14.3 Å².